The predicted molar refractivity (Wildman–Crippen MR) is 66.6 cm³/mol. The average molecular weight is 252 g/mol. The monoisotopic (exact) mass is 252 g/mol. The number of aromatic nitrogens is 3. The Morgan fingerprint density at radius 2 is 2.18 bits per heavy atom. The number of H-pyrrole nitrogens is 2. The maximum atomic E-state index is 11.3. The van der Waals surface area contributed by atoms with E-state index in [1.54, 1.807) is 11.3 Å². The van der Waals surface area contributed by atoms with Gasteiger partial charge < -0.3 is 5.32 Å². The van der Waals surface area contributed by atoms with Gasteiger partial charge in [0, 0.05) is 9.75 Å². The molecule has 0 saturated carbocycles. The maximum Gasteiger partial charge on any atom is 0.342 e. The van der Waals surface area contributed by atoms with Gasteiger partial charge in [-0.2, -0.15) is 0 Å². The van der Waals surface area contributed by atoms with Crippen molar-refractivity contribution >= 4 is 17.2 Å². The molecule has 0 aromatic carbocycles. The van der Waals surface area contributed by atoms with Crippen molar-refractivity contribution in [2.24, 2.45) is 0 Å². The lowest BCUT2D eigenvalue weighted by molar-refractivity contribution is 0.884. The Morgan fingerprint density at radius 1 is 1.41 bits per heavy atom. The van der Waals surface area contributed by atoms with Crippen LogP contribution in [0.5, 0.6) is 0 Å². The molecule has 0 fully saturated rings. The van der Waals surface area contributed by atoms with Crippen molar-refractivity contribution < 1.29 is 0 Å². The first-order valence-electron chi connectivity index (χ1n) is 5.05. The highest BCUT2D eigenvalue weighted by Gasteiger charge is 2.04. The van der Waals surface area contributed by atoms with E-state index in [4.69, 9.17) is 0 Å². The second-order valence-corrected chi connectivity index (χ2v) is 5.00. The molecule has 0 aliphatic heterocycles. The molecule has 0 bridgehead atoms. The fraction of sp³-hybridized carbons (Fsp3) is 0.300. The number of nitrogens with zero attached hydrogens (tertiary/aromatic N) is 1. The zero-order valence-corrected chi connectivity index (χ0v) is 10.3. The van der Waals surface area contributed by atoms with Crippen LogP contribution in [-0.4, -0.2) is 15.2 Å². The van der Waals surface area contributed by atoms with Crippen molar-refractivity contribution in [2.45, 2.75) is 20.4 Å². The maximum absolute atomic E-state index is 11.3. The van der Waals surface area contributed by atoms with E-state index in [-0.39, 0.29) is 5.82 Å². The summed E-state index contributed by atoms with van der Waals surface area (Å²) in [5.74, 6) is 0.119. The number of aromatic amines is 2. The zero-order valence-electron chi connectivity index (χ0n) is 9.46. The highest BCUT2D eigenvalue weighted by atomic mass is 32.1. The van der Waals surface area contributed by atoms with E-state index in [0.29, 0.717) is 6.54 Å². The fourth-order valence-electron chi connectivity index (χ4n) is 1.38. The van der Waals surface area contributed by atoms with Crippen LogP contribution in [0, 0.1) is 13.8 Å². The molecule has 0 atom stereocenters. The predicted octanol–water partition coefficient (Wildman–Crippen LogP) is 0.749. The number of anilines is 1. The van der Waals surface area contributed by atoms with E-state index >= 15 is 0 Å². The van der Waals surface area contributed by atoms with Crippen molar-refractivity contribution in [3.8, 4) is 0 Å². The molecule has 0 aliphatic carbocycles. The highest BCUT2D eigenvalue weighted by molar-refractivity contribution is 7.12. The first-order chi connectivity index (χ1) is 8.06. The molecule has 17 heavy (non-hydrogen) atoms. The largest absolute Gasteiger partial charge is 0.359 e. The lowest BCUT2D eigenvalue weighted by atomic mass is 10.3. The third-order valence-corrected chi connectivity index (χ3v) is 3.51. The number of hydrogen-bond donors (Lipinski definition) is 3. The number of hydrogen-bond acceptors (Lipinski definition) is 5. The van der Waals surface area contributed by atoms with Gasteiger partial charge in [0.25, 0.3) is 5.56 Å². The van der Waals surface area contributed by atoms with Gasteiger partial charge in [-0.15, -0.1) is 16.4 Å². The molecule has 90 valence electrons. The standard InChI is InChI=1S/C10H12N4O2S/c1-5-3-7(17-6(5)2)4-11-8-9(15)12-10(16)14-13-8/h3H,4H2,1-2H3,(H,11,13)(H2,12,14,15,16). The van der Waals surface area contributed by atoms with Crippen LogP contribution in [-0.2, 0) is 6.54 Å². The van der Waals surface area contributed by atoms with Gasteiger partial charge in [0.1, 0.15) is 0 Å². The van der Waals surface area contributed by atoms with E-state index < -0.39 is 11.2 Å². The number of rotatable bonds is 3. The Kier molecular flexibility index (Phi) is 3.10. The molecule has 0 unspecified atom stereocenters. The minimum Gasteiger partial charge on any atom is -0.359 e. The van der Waals surface area contributed by atoms with Gasteiger partial charge in [0.15, 0.2) is 0 Å². The van der Waals surface area contributed by atoms with E-state index in [1.807, 2.05) is 6.92 Å². The van der Waals surface area contributed by atoms with Crippen LogP contribution in [0.3, 0.4) is 0 Å². The smallest absolute Gasteiger partial charge is 0.342 e. The first kappa shape index (κ1) is 11.6. The SMILES string of the molecule is Cc1cc(CNc2n[nH]c(=O)[nH]c2=O)sc1C. The Hall–Kier alpha value is -1.89. The number of aryl methyl sites for hydroxylation is 2. The lowest BCUT2D eigenvalue weighted by Crippen LogP contribution is -2.26. The summed E-state index contributed by atoms with van der Waals surface area (Å²) in [5, 5.41) is 8.69. The van der Waals surface area contributed by atoms with Crippen LogP contribution in [0.4, 0.5) is 5.82 Å². The fourth-order valence-corrected chi connectivity index (χ4v) is 2.37. The van der Waals surface area contributed by atoms with Gasteiger partial charge in [-0.25, -0.2) is 9.89 Å². The van der Waals surface area contributed by atoms with Crippen molar-refractivity contribution in [3.63, 3.8) is 0 Å². The van der Waals surface area contributed by atoms with Crippen molar-refractivity contribution in [3.05, 3.63) is 42.2 Å². The summed E-state index contributed by atoms with van der Waals surface area (Å²) in [5.41, 5.74) is 0.109. The summed E-state index contributed by atoms with van der Waals surface area (Å²) >= 11 is 1.67. The summed E-state index contributed by atoms with van der Waals surface area (Å²) in [4.78, 5) is 26.6. The van der Waals surface area contributed by atoms with E-state index in [0.717, 1.165) is 4.88 Å². The third kappa shape index (κ3) is 2.62. The topological polar surface area (TPSA) is 90.6 Å². The molecule has 0 saturated heterocycles. The van der Waals surface area contributed by atoms with Crippen molar-refractivity contribution in [1.82, 2.24) is 15.2 Å². The summed E-state index contributed by atoms with van der Waals surface area (Å²) < 4.78 is 0. The van der Waals surface area contributed by atoms with Gasteiger partial charge in [-0.05, 0) is 25.5 Å². The molecule has 2 aromatic heterocycles. The molecule has 6 nitrogen and oxygen atoms in total. The number of nitrogens with one attached hydrogen (secondary N) is 3. The van der Waals surface area contributed by atoms with E-state index in [9.17, 15) is 9.59 Å². The molecule has 2 rings (SSSR count). The van der Waals surface area contributed by atoms with Crippen LogP contribution in [0.25, 0.3) is 0 Å². The summed E-state index contributed by atoms with van der Waals surface area (Å²) in [7, 11) is 0. The average Bonchev–Trinajstić information content (AvgIpc) is 2.57. The Morgan fingerprint density at radius 3 is 2.76 bits per heavy atom. The van der Waals surface area contributed by atoms with Crippen LogP contribution in [0.15, 0.2) is 15.7 Å². The molecule has 7 heteroatoms. The Labute approximate surface area is 101 Å². The van der Waals surface area contributed by atoms with Gasteiger partial charge in [-0.3, -0.25) is 9.78 Å². The second kappa shape index (κ2) is 4.54. The van der Waals surface area contributed by atoms with Crippen molar-refractivity contribution in [1.29, 1.82) is 0 Å². The van der Waals surface area contributed by atoms with Gasteiger partial charge >= 0.3 is 5.69 Å². The van der Waals surface area contributed by atoms with Crippen LogP contribution in [0.1, 0.15) is 15.3 Å². The van der Waals surface area contributed by atoms with Crippen LogP contribution < -0.4 is 16.6 Å². The quantitative estimate of drug-likeness (QED) is 0.751. The molecule has 0 amide bonds. The van der Waals surface area contributed by atoms with Crippen LogP contribution >= 0.6 is 11.3 Å². The van der Waals surface area contributed by atoms with Gasteiger partial charge in [0.2, 0.25) is 5.82 Å². The summed E-state index contributed by atoms with van der Waals surface area (Å²) in [6.07, 6.45) is 0. The van der Waals surface area contributed by atoms with E-state index in [1.165, 1.54) is 10.4 Å². The normalized spacial score (nSPS) is 10.5. The molecule has 3 N–H and O–H groups in total. The minimum atomic E-state index is -0.608. The summed E-state index contributed by atoms with van der Waals surface area (Å²) in [6.45, 7) is 4.61. The number of thiophene rings is 1. The summed E-state index contributed by atoms with van der Waals surface area (Å²) in [6, 6.07) is 2.06. The van der Waals surface area contributed by atoms with Gasteiger partial charge in [-0.1, -0.05) is 0 Å². The molecule has 0 radical (unpaired) electrons. The molecular formula is C10H12N4O2S. The Balaban J connectivity index is 2.12. The highest BCUT2D eigenvalue weighted by Crippen LogP contribution is 2.20. The molecular weight excluding hydrogens is 240 g/mol. The zero-order chi connectivity index (χ0) is 12.4. The van der Waals surface area contributed by atoms with Crippen LogP contribution in [0.2, 0.25) is 0 Å². The molecule has 0 spiro atoms. The Bertz CT molecular complexity index is 621. The molecule has 0 aliphatic rings. The lowest BCUT2D eigenvalue weighted by Gasteiger charge is -2.00. The van der Waals surface area contributed by atoms with E-state index in [2.05, 4.69) is 33.5 Å². The molecule has 2 aromatic rings. The first-order valence-corrected chi connectivity index (χ1v) is 5.86. The van der Waals surface area contributed by atoms with Crippen molar-refractivity contribution in [2.75, 3.05) is 5.32 Å². The molecule has 2 heterocycles. The third-order valence-electron chi connectivity index (χ3n) is 2.36. The van der Waals surface area contributed by atoms with Gasteiger partial charge in [0.05, 0.1) is 6.54 Å². The second-order valence-electron chi connectivity index (χ2n) is 3.66. The minimum absolute atomic E-state index is 0.119.